The SMILES string of the molecule is COCCCN1C(=O)N(Cc2ccccn2)C(=O)C12CCN(CC[C@H](C)c1ccc(C)o1)CC2. The fourth-order valence-electron chi connectivity index (χ4n) is 5.12. The molecule has 2 fully saturated rings. The van der Waals surface area contributed by atoms with Crippen LogP contribution in [-0.2, 0) is 16.1 Å². The molecule has 4 heterocycles. The number of carbonyl (C=O) groups excluding carboxylic acids is 2. The standard InChI is InChI=1S/C26H36N4O4/c1-20(23-9-8-21(2)34-23)10-15-28-16-11-26(12-17-28)24(31)29(19-22-7-4-5-13-27-22)25(32)30(26)14-6-18-33-3/h4-5,7-9,13,20H,6,10-12,14-19H2,1-3H3/t20-/m0/s1. The number of likely N-dealkylation sites (tertiary alicyclic amines) is 1. The van der Waals surface area contributed by atoms with E-state index in [1.54, 1.807) is 13.3 Å². The van der Waals surface area contributed by atoms with Crippen LogP contribution in [0.5, 0.6) is 0 Å². The van der Waals surface area contributed by atoms with E-state index in [1.165, 1.54) is 4.90 Å². The summed E-state index contributed by atoms with van der Waals surface area (Å²) in [5.41, 5.74) is -0.0440. The Labute approximate surface area is 201 Å². The number of ether oxygens (including phenoxy) is 1. The van der Waals surface area contributed by atoms with Gasteiger partial charge in [0.25, 0.3) is 5.91 Å². The summed E-state index contributed by atoms with van der Waals surface area (Å²) in [6.45, 7) is 7.98. The number of hydrogen-bond acceptors (Lipinski definition) is 6. The number of amides is 3. The first-order chi connectivity index (χ1) is 16.4. The van der Waals surface area contributed by atoms with Crippen molar-refractivity contribution in [2.24, 2.45) is 0 Å². The first-order valence-electron chi connectivity index (χ1n) is 12.3. The van der Waals surface area contributed by atoms with Gasteiger partial charge in [0.2, 0.25) is 0 Å². The number of rotatable bonds is 10. The fraction of sp³-hybridized carbons (Fsp3) is 0.577. The maximum Gasteiger partial charge on any atom is 0.328 e. The zero-order valence-corrected chi connectivity index (χ0v) is 20.5. The highest BCUT2D eigenvalue weighted by Gasteiger charge is 2.57. The lowest BCUT2D eigenvalue weighted by Crippen LogP contribution is -2.57. The van der Waals surface area contributed by atoms with E-state index < -0.39 is 5.54 Å². The van der Waals surface area contributed by atoms with Crippen LogP contribution in [0.4, 0.5) is 4.79 Å². The Balaban J connectivity index is 1.42. The number of nitrogens with zero attached hydrogens (tertiary/aromatic N) is 4. The highest BCUT2D eigenvalue weighted by Crippen LogP contribution is 2.38. The monoisotopic (exact) mass is 468 g/mol. The molecule has 0 N–H and O–H groups in total. The zero-order valence-electron chi connectivity index (χ0n) is 20.5. The molecule has 1 atom stereocenters. The molecule has 3 amide bonds. The number of imide groups is 1. The van der Waals surface area contributed by atoms with Gasteiger partial charge in [-0.2, -0.15) is 0 Å². The van der Waals surface area contributed by atoms with Gasteiger partial charge in [0.05, 0.1) is 12.2 Å². The van der Waals surface area contributed by atoms with E-state index in [0.29, 0.717) is 38.3 Å². The van der Waals surface area contributed by atoms with Crippen molar-refractivity contribution in [2.45, 2.75) is 57.5 Å². The van der Waals surface area contributed by atoms with Crippen LogP contribution in [0.2, 0.25) is 0 Å². The van der Waals surface area contributed by atoms with Crippen molar-refractivity contribution in [3.63, 3.8) is 0 Å². The van der Waals surface area contributed by atoms with Crippen molar-refractivity contribution < 1.29 is 18.7 Å². The average molecular weight is 469 g/mol. The van der Waals surface area contributed by atoms with Crippen molar-refractivity contribution in [3.8, 4) is 0 Å². The minimum Gasteiger partial charge on any atom is -0.466 e. The van der Waals surface area contributed by atoms with Gasteiger partial charge in [-0.05, 0) is 63.4 Å². The predicted molar refractivity (Wildman–Crippen MR) is 128 cm³/mol. The van der Waals surface area contributed by atoms with E-state index in [2.05, 4.69) is 22.9 Å². The third kappa shape index (κ3) is 5.03. The van der Waals surface area contributed by atoms with E-state index in [0.717, 1.165) is 43.3 Å². The molecule has 184 valence electrons. The second-order valence-electron chi connectivity index (χ2n) is 9.50. The average Bonchev–Trinajstić information content (AvgIpc) is 3.36. The van der Waals surface area contributed by atoms with Crippen molar-refractivity contribution >= 4 is 11.9 Å². The molecule has 0 radical (unpaired) electrons. The molecule has 0 saturated carbocycles. The van der Waals surface area contributed by atoms with E-state index in [9.17, 15) is 9.59 Å². The molecule has 0 aromatic carbocycles. The van der Waals surface area contributed by atoms with Crippen LogP contribution in [0.1, 0.15) is 55.7 Å². The molecule has 1 spiro atoms. The summed E-state index contributed by atoms with van der Waals surface area (Å²) < 4.78 is 11.0. The molecular formula is C26H36N4O4. The lowest BCUT2D eigenvalue weighted by Gasteiger charge is -2.42. The van der Waals surface area contributed by atoms with E-state index in [-0.39, 0.29) is 18.5 Å². The summed E-state index contributed by atoms with van der Waals surface area (Å²) in [7, 11) is 1.66. The van der Waals surface area contributed by atoms with Crippen LogP contribution in [0.25, 0.3) is 0 Å². The number of piperidine rings is 1. The maximum absolute atomic E-state index is 13.7. The van der Waals surface area contributed by atoms with Gasteiger partial charge >= 0.3 is 6.03 Å². The number of furan rings is 1. The Bertz CT molecular complexity index is 968. The van der Waals surface area contributed by atoms with E-state index >= 15 is 0 Å². The van der Waals surface area contributed by atoms with Gasteiger partial charge < -0.3 is 19.0 Å². The number of pyridine rings is 1. The van der Waals surface area contributed by atoms with Crippen molar-refractivity contribution in [1.82, 2.24) is 19.7 Å². The number of carbonyl (C=O) groups is 2. The van der Waals surface area contributed by atoms with Gasteiger partial charge in [-0.15, -0.1) is 0 Å². The second kappa shape index (κ2) is 10.7. The molecule has 0 bridgehead atoms. The molecule has 8 nitrogen and oxygen atoms in total. The van der Waals surface area contributed by atoms with Crippen LogP contribution >= 0.6 is 0 Å². The highest BCUT2D eigenvalue weighted by atomic mass is 16.5. The number of hydrogen-bond donors (Lipinski definition) is 0. The molecule has 2 saturated heterocycles. The molecule has 8 heteroatoms. The molecule has 0 unspecified atom stereocenters. The molecule has 2 aliphatic heterocycles. The summed E-state index contributed by atoms with van der Waals surface area (Å²) in [5, 5.41) is 0. The molecule has 2 aromatic rings. The highest BCUT2D eigenvalue weighted by molar-refractivity contribution is 6.07. The third-order valence-corrected chi connectivity index (χ3v) is 7.21. The molecule has 2 aliphatic rings. The summed E-state index contributed by atoms with van der Waals surface area (Å²) >= 11 is 0. The van der Waals surface area contributed by atoms with Crippen molar-refractivity contribution in [2.75, 3.05) is 39.9 Å². The minimum absolute atomic E-state index is 0.0837. The molecular weight excluding hydrogens is 432 g/mol. The summed E-state index contributed by atoms with van der Waals surface area (Å²) in [5.74, 6) is 2.23. The summed E-state index contributed by atoms with van der Waals surface area (Å²) in [6.07, 6.45) is 4.69. The molecule has 0 aliphatic carbocycles. The van der Waals surface area contributed by atoms with E-state index in [4.69, 9.17) is 9.15 Å². The Hall–Kier alpha value is -2.71. The van der Waals surface area contributed by atoms with Gasteiger partial charge in [-0.1, -0.05) is 13.0 Å². The van der Waals surface area contributed by atoms with Gasteiger partial charge in [0, 0.05) is 45.5 Å². The van der Waals surface area contributed by atoms with Crippen LogP contribution in [0.15, 0.2) is 40.9 Å². The van der Waals surface area contributed by atoms with Crippen LogP contribution in [0.3, 0.4) is 0 Å². The molecule has 4 rings (SSSR count). The number of aryl methyl sites for hydroxylation is 1. The largest absolute Gasteiger partial charge is 0.466 e. The predicted octanol–water partition coefficient (Wildman–Crippen LogP) is 3.81. The third-order valence-electron chi connectivity index (χ3n) is 7.21. The Kier molecular flexibility index (Phi) is 7.68. The maximum atomic E-state index is 13.7. The lowest BCUT2D eigenvalue weighted by molar-refractivity contribution is -0.136. The Morgan fingerprint density at radius 1 is 1.15 bits per heavy atom. The summed E-state index contributed by atoms with van der Waals surface area (Å²) in [6, 6.07) is 9.42. The van der Waals surface area contributed by atoms with Gasteiger partial charge in [-0.25, -0.2) is 4.79 Å². The summed E-state index contributed by atoms with van der Waals surface area (Å²) in [4.78, 5) is 37.0. The Morgan fingerprint density at radius 3 is 2.59 bits per heavy atom. The Morgan fingerprint density at radius 2 is 1.94 bits per heavy atom. The fourth-order valence-corrected chi connectivity index (χ4v) is 5.12. The molecule has 34 heavy (non-hydrogen) atoms. The van der Waals surface area contributed by atoms with E-state index in [1.807, 2.05) is 36.1 Å². The van der Waals surface area contributed by atoms with Crippen molar-refractivity contribution in [3.05, 3.63) is 53.7 Å². The van der Waals surface area contributed by atoms with Crippen LogP contribution in [-0.4, -0.2) is 77.1 Å². The van der Waals surface area contributed by atoms with Crippen LogP contribution in [0, 0.1) is 6.92 Å². The minimum atomic E-state index is -0.764. The topological polar surface area (TPSA) is 79.1 Å². The smallest absolute Gasteiger partial charge is 0.328 e. The first-order valence-corrected chi connectivity index (χ1v) is 12.3. The van der Waals surface area contributed by atoms with Gasteiger partial charge in [0.15, 0.2) is 0 Å². The normalized spacial score (nSPS) is 19.4. The lowest BCUT2D eigenvalue weighted by atomic mass is 9.85. The number of aromatic nitrogens is 1. The molecule has 2 aromatic heterocycles. The number of urea groups is 1. The van der Waals surface area contributed by atoms with Crippen molar-refractivity contribution in [1.29, 1.82) is 0 Å². The zero-order chi connectivity index (χ0) is 24.1. The second-order valence-corrected chi connectivity index (χ2v) is 9.50. The quantitative estimate of drug-likeness (QED) is 0.390. The van der Waals surface area contributed by atoms with Gasteiger partial charge in [-0.3, -0.25) is 14.7 Å². The number of methoxy groups -OCH3 is 1. The van der Waals surface area contributed by atoms with Crippen LogP contribution < -0.4 is 0 Å². The van der Waals surface area contributed by atoms with Gasteiger partial charge in [0.1, 0.15) is 17.1 Å². The first kappa shape index (κ1) is 24.4.